The average Bonchev–Trinajstić information content (AvgIpc) is 1.63. The number of fused-ring (bicyclic) bond motifs is 4. The van der Waals surface area contributed by atoms with Crippen LogP contribution in [0.2, 0.25) is 0 Å². The molecule has 10 aromatic rings. The molecule has 60 nitrogen and oxygen atoms in total. The second kappa shape index (κ2) is 48.3. The van der Waals surface area contributed by atoms with E-state index >= 15 is 4.57 Å². The number of imidazole rings is 4. The number of aromatic nitrogens is 20. The highest BCUT2D eigenvalue weighted by Crippen LogP contribution is 2.58. The lowest BCUT2D eigenvalue weighted by Gasteiger charge is -2.35. The molecular weight excluding hydrogens is 2140 g/mol. The van der Waals surface area contributed by atoms with E-state index < -0.39 is 219 Å². The smallest absolute Gasteiger partial charge is 0.351 e. The highest BCUT2D eigenvalue weighted by atomic mass is 32.7. The van der Waals surface area contributed by atoms with Crippen LogP contribution in [0.4, 0.5) is 34.9 Å². The van der Waals surface area contributed by atoms with Crippen LogP contribution >= 0.6 is 33.7 Å². The third kappa shape index (κ3) is 25.4. The number of aliphatic hydroxyl groups excluding tert-OH is 1. The van der Waals surface area contributed by atoms with Gasteiger partial charge in [0.05, 0.1) is 137 Å². The number of hydrogen-bond acceptors (Lipinski definition) is 56. The Kier molecular flexibility index (Phi) is 36.9. The van der Waals surface area contributed by atoms with Crippen LogP contribution in [0, 0.1) is 13.8 Å². The Morgan fingerprint density at radius 1 is 0.390 bits per heavy atom. The zero-order valence-electron chi connectivity index (χ0n) is 78.8. The van der Waals surface area contributed by atoms with Crippen LogP contribution in [0.3, 0.4) is 0 Å². The van der Waals surface area contributed by atoms with Crippen molar-refractivity contribution in [3.05, 3.63) is 95.1 Å². The maximum absolute atomic E-state index is 15.6. The minimum absolute atomic E-state index is 0.0166. The van der Waals surface area contributed by atoms with E-state index in [-0.39, 0.29) is 152 Å². The molecular formula is C76H107N26O34P5S5-2. The Morgan fingerprint density at radius 3 is 1.05 bits per heavy atom. The molecule has 0 spiro atoms. The lowest BCUT2D eigenvalue weighted by atomic mass is 10.1. The van der Waals surface area contributed by atoms with Gasteiger partial charge in [0.1, 0.15) is 164 Å². The predicted molar refractivity (Wildman–Crippen MR) is 520 cm³/mol. The molecule has 16 rings (SSSR count). The number of rotatable bonds is 52. The second-order valence-electron chi connectivity index (χ2n) is 33.3. The van der Waals surface area contributed by atoms with E-state index in [2.05, 4.69) is 69.8 Å². The third-order valence-corrected chi connectivity index (χ3v) is 31.7. The minimum atomic E-state index is -5.13. The van der Waals surface area contributed by atoms with Gasteiger partial charge in [0.15, 0.2) is 83.8 Å². The molecule has 10 aromatic heterocycles. The molecule has 0 radical (unpaired) electrons. The number of nitrogens with zero attached hydrogens (tertiary/aromatic N) is 20. The van der Waals surface area contributed by atoms with Gasteiger partial charge in [-0.15, -0.1) is 0 Å². The molecule has 11 unspecified atom stereocenters. The first-order chi connectivity index (χ1) is 69.8. The molecule has 802 valence electrons. The molecule has 28 atom stereocenters. The van der Waals surface area contributed by atoms with Crippen molar-refractivity contribution in [2.75, 3.05) is 169 Å². The molecule has 70 heteroatoms. The third-order valence-electron chi connectivity index (χ3n) is 23.9. The molecule has 0 saturated carbocycles. The lowest BCUT2D eigenvalue weighted by molar-refractivity contribution is -0.215. The second-order valence-corrected chi connectivity index (χ2v) is 47.0. The molecule has 146 heavy (non-hydrogen) atoms. The number of aryl methyl sites for hydroxylation is 2. The number of anilines is 6. The van der Waals surface area contributed by atoms with Crippen molar-refractivity contribution in [3.8, 4) is 0 Å². The molecule has 6 aliphatic heterocycles. The summed E-state index contributed by atoms with van der Waals surface area (Å²) in [5, 5.41) is 12.0. The summed E-state index contributed by atoms with van der Waals surface area (Å²) in [6.45, 7) is -24.7. The highest BCUT2D eigenvalue weighted by molar-refractivity contribution is 8.32. The molecule has 6 fully saturated rings. The zero-order chi connectivity index (χ0) is 104. The Morgan fingerprint density at radius 2 is 0.692 bits per heavy atom. The van der Waals surface area contributed by atoms with Crippen LogP contribution in [0.15, 0.2) is 72.6 Å². The maximum atomic E-state index is 15.6. The number of ether oxygens (including phenoxy) is 16. The van der Waals surface area contributed by atoms with Gasteiger partial charge in [0.25, 0.3) is 0 Å². The first-order valence-electron chi connectivity index (χ1n) is 44.7. The van der Waals surface area contributed by atoms with Gasteiger partial charge in [-0.05, 0) is 55.7 Å². The largest absolute Gasteiger partial charge is 0.780 e. The van der Waals surface area contributed by atoms with Gasteiger partial charge >= 0.3 is 31.5 Å². The standard InChI is InChI=1S/C76H109N26O34P5S5/c1-9-38-39(20-45(126-38)97-21-36(2)60(77)95-75(97)104)132-137(106,142)122-24-42-52(57(118-17-12-113-6)72(129-42)100-33-92-47-63(80)84-29-88-67(47)100)134-140(109,145)124-26-44-54(59(120-19-14-115-8)74(131-44)102-35-94-49-65(82)86-31-90-69(49)102)136-141(110,146)125-27-43-53(58(119-18-13-114-7)73(130-43)101-34-93-48-64(81)85-30-89-68(48)101)135-139(108,144)123-25-41-51(56(117-16-11-112-5)71(128-41)98-22-37(3)61(78)96-76(98)105)133-138(107,143)121-23-40-50(103)55(116-15-10-111-4)70(127-40)99-32-91-46-62(79)83-28-87-66(46)99/h21-22,28-35,38-45,50-59,70-74,103H,9-20,23-27H2,1-8H3,(H,106,142)(H,107,143)(H,108,144)(H,109,145)(H,110,146)(H2,77,95,104)(H2,78,96,105)(H2,79,83,87)(H2,80,84,88)(H2,81,85,89)(H2,82,86,90)/p-2/t38-,39?,40-,41-,42-,43-,44-,45-,50?,51?,52?,53?,54?,55+,56+,57+,58+,59+,70-,71-,72-,73-,74-,137?,138?,139?,140?,141?/m1/s1. The van der Waals surface area contributed by atoms with E-state index in [9.17, 15) is 34.3 Å². The molecule has 6 saturated heterocycles. The Labute approximate surface area is 854 Å². The molecule has 0 amide bonds. The normalized spacial score (nSPS) is 29.2. The van der Waals surface area contributed by atoms with Crippen LogP contribution in [0.5, 0.6) is 0 Å². The lowest BCUT2D eigenvalue weighted by Crippen LogP contribution is -2.41. The van der Waals surface area contributed by atoms with E-state index in [1.54, 1.807) is 20.8 Å². The maximum Gasteiger partial charge on any atom is 0.351 e. The fourth-order valence-electron chi connectivity index (χ4n) is 17.0. The van der Waals surface area contributed by atoms with Gasteiger partial charge in [-0.25, -0.2) is 69.4 Å². The minimum Gasteiger partial charge on any atom is -0.780 e. The van der Waals surface area contributed by atoms with E-state index in [0.29, 0.717) is 17.5 Å². The van der Waals surface area contributed by atoms with Crippen molar-refractivity contribution in [3.63, 3.8) is 0 Å². The van der Waals surface area contributed by atoms with Crippen LogP contribution in [-0.2, 0) is 185 Å². The number of hydrogen-bond donors (Lipinski definition) is 10. The van der Waals surface area contributed by atoms with Crippen molar-refractivity contribution in [2.45, 2.75) is 175 Å². The quantitative estimate of drug-likeness (QED) is 0.0131. The van der Waals surface area contributed by atoms with Gasteiger partial charge in [-0.2, -0.15) is 9.97 Å². The summed E-state index contributed by atoms with van der Waals surface area (Å²) in [7, 11) is 7.05. The summed E-state index contributed by atoms with van der Waals surface area (Å²) in [5.74, 6) is -0.191. The highest BCUT2D eigenvalue weighted by Gasteiger charge is 2.58. The van der Waals surface area contributed by atoms with Gasteiger partial charge in [0.2, 0.25) is 0 Å². The number of methoxy groups -OCH3 is 5. The van der Waals surface area contributed by atoms with E-state index in [1.807, 2.05) is 0 Å². The molecule has 0 bridgehead atoms. The molecule has 0 aliphatic carbocycles. The van der Waals surface area contributed by atoms with Crippen molar-refractivity contribution in [1.82, 2.24) is 97.2 Å². The number of nitrogen functional groups attached to an aromatic ring is 6. The Bertz CT molecular complexity index is 6590. The van der Waals surface area contributed by atoms with Gasteiger partial charge in [-0.1, -0.05) is 18.7 Å². The number of nitrogens with two attached hydrogens (primary N) is 6. The predicted octanol–water partition coefficient (Wildman–Crippen LogP) is -0.428. The summed E-state index contributed by atoms with van der Waals surface area (Å²) >= 11 is 29.1. The Balaban J connectivity index is 0.688. The monoisotopic (exact) mass is 2240 g/mol. The SMILES string of the molecule is CC[C@H]1O[C@@H](n2cc(C)c(N)nc2=O)CC1OP([O-])(=S)OC[C@H]1O[C@@H](n2cnc3c(N)ncnc32)[C@@H](OCCOC)C1OP(=O)([S-])OC[C@H]1O[C@@H](n2cnc3c(N)ncnc32)[C@@H](OCCOC)C1OP(O)(=S)OC[C@H]1O[C@@H](n2cnc3c(N)ncnc32)[C@@H](OCCOC)C1OP(O)(=S)OC[C@H]1O[C@@H](n2cc(C)c(N)nc2=O)[C@@H](OCCOC)C1OP(O)(=S)OC[C@H]1O[C@@H](n2cnc3c(N)ncnc32)[C@@H](OCCOC)C1O. The summed E-state index contributed by atoms with van der Waals surface area (Å²) in [6, 6.07) is 0. The summed E-state index contributed by atoms with van der Waals surface area (Å²) in [6.07, 6.45) is -19.9. The first kappa shape index (κ1) is 111. The fourth-order valence-corrected chi connectivity index (χ4v) is 24.2. The van der Waals surface area contributed by atoms with Gasteiger partial charge < -0.3 is 179 Å². The molecule has 16 heterocycles. The van der Waals surface area contributed by atoms with Crippen LogP contribution in [0.1, 0.15) is 68.3 Å². The fraction of sp³-hybridized carbons (Fsp3) is 0.632. The molecule has 0 aromatic carbocycles. The number of aliphatic hydroxyl groups is 1. The molecule has 6 aliphatic rings. The van der Waals surface area contributed by atoms with E-state index in [4.69, 9.17) is 215 Å². The summed E-state index contributed by atoms with van der Waals surface area (Å²) < 4.78 is 185. The first-order valence-corrected chi connectivity index (χ1v) is 57.5. The van der Waals surface area contributed by atoms with Gasteiger partial charge in [-0.3, -0.25) is 45.5 Å². The van der Waals surface area contributed by atoms with Crippen LogP contribution < -0.4 is 50.7 Å². The van der Waals surface area contributed by atoms with Crippen LogP contribution in [0.25, 0.3) is 44.7 Å². The van der Waals surface area contributed by atoms with Crippen molar-refractivity contribution >= 4 is 173 Å². The van der Waals surface area contributed by atoms with Crippen molar-refractivity contribution in [1.29, 1.82) is 0 Å². The zero-order valence-corrected chi connectivity index (χ0v) is 87.3. The van der Waals surface area contributed by atoms with Crippen molar-refractivity contribution < 1.29 is 150 Å². The van der Waals surface area contributed by atoms with E-state index in [1.165, 1.54) is 109 Å². The van der Waals surface area contributed by atoms with Crippen molar-refractivity contribution in [2.24, 2.45) is 0 Å². The van der Waals surface area contributed by atoms with Gasteiger partial charge in [0, 0.05) is 65.5 Å². The van der Waals surface area contributed by atoms with Crippen LogP contribution in [-0.4, -0.2) is 355 Å². The summed E-state index contributed by atoms with van der Waals surface area (Å²) in [5.41, 5.74) is 37.4. The topological polar surface area (TPSA) is 761 Å². The average molecular weight is 2240 g/mol. The molecule has 16 N–H and O–H groups in total. The Hall–Kier alpha value is -7.30. The van der Waals surface area contributed by atoms with E-state index in [0.717, 1.165) is 17.2 Å². The summed E-state index contributed by atoms with van der Waals surface area (Å²) in [4.78, 5) is 140.